The molecular weight excluding hydrogens is 436 g/mol. The van der Waals surface area contributed by atoms with E-state index in [1.807, 2.05) is 0 Å². The van der Waals surface area contributed by atoms with Crippen molar-refractivity contribution in [2.45, 2.75) is 0 Å². The second kappa shape index (κ2) is 7.85. The molecule has 0 bridgehead atoms. The fraction of sp³-hybridized carbons (Fsp3) is 0.0500. The fourth-order valence-corrected chi connectivity index (χ4v) is 3.62. The van der Waals surface area contributed by atoms with E-state index >= 15 is 4.39 Å². The molecule has 10 heteroatoms. The molecule has 0 spiro atoms. The third-order valence-electron chi connectivity index (χ3n) is 4.27. The number of anilines is 1. The molecule has 1 amide bonds. The molecule has 152 valence electrons. The monoisotopic (exact) mass is 447 g/mol. The molecule has 0 saturated carbocycles. The highest BCUT2D eigenvalue weighted by molar-refractivity contribution is 7.12. The van der Waals surface area contributed by atoms with E-state index in [0.29, 0.717) is 10.4 Å². The van der Waals surface area contributed by atoms with Crippen molar-refractivity contribution in [2.24, 2.45) is 7.05 Å². The van der Waals surface area contributed by atoms with Gasteiger partial charge in [-0.1, -0.05) is 17.7 Å². The van der Waals surface area contributed by atoms with Gasteiger partial charge in [0.2, 0.25) is 5.89 Å². The van der Waals surface area contributed by atoms with Crippen molar-refractivity contribution in [1.82, 2.24) is 9.78 Å². The van der Waals surface area contributed by atoms with Crippen molar-refractivity contribution in [3.05, 3.63) is 79.9 Å². The molecule has 6 nitrogen and oxygen atoms in total. The molecule has 2 aromatic heterocycles. The maximum Gasteiger partial charge on any atom is 0.437 e. The Labute approximate surface area is 177 Å². The number of amides is 1. The van der Waals surface area contributed by atoms with Crippen LogP contribution < -0.4 is 11.1 Å². The van der Waals surface area contributed by atoms with Gasteiger partial charge in [0.25, 0.3) is 5.91 Å². The summed E-state index contributed by atoms with van der Waals surface area (Å²) in [5.41, 5.74) is -0.0358. The zero-order valence-corrected chi connectivity index (χ0v) is 16.9. The molecule has 30 heavy (non-hydrogen) atoms. The lowest BCUT2D eigenvalue weighted by molar-refractivity contribution is 0.102. The average molecular weight is 448 g/mol. The van der Waals surface area contributed by atoms with E-state index < -0.39 is 29.0 Å². The van der Waals surface area contributed by atoms with E-state index in [1.54, 1.807) is 23.6 Å². The zero-order valence-electron chi connectivity index (χ0n) is 15.3. The number of carbonyl (C=O) groups excluding carboxylic acids is 1. The van der Waals surface area contributed by atoms with Crippen LogP contribution in [0, 0.1) is 11.6 Å². The van der Waals surface area contributed by atoms with Gasteiger partial charge in [-0.15, -0.1) is 16.4 Å². The second-order valence-corrected chi connectivity index (χ2v) is 7.56. The highest BCUT2D eigenvalue weighted by Crippen LogP contribution is 2.36. The van der Waals surface area contributed by atoms with E-state index in [0.717, 1.165) is 22.1 Å². The molecule has 0 unspecified atom stereocenters. The SMILES string of the molecule is Cn1nc(-c2ccc(Cl)c(-c3ccc(F)c(NC(=O)c4cccs4)c3F)c2)oc1=O. The number of nitrogens with one attached hydrogen (secondary N) is 1. The minimum atomic E-state index is -0.985. The number of aryl methyl sites for hydroxylation is 1. The summed E-state index contributed by atoms with van der Waals surface area (Å²) in [6.45, 7) is 0. The molecule has 0 aliphatic rings. The third-order valence-corrected chi connectivity index (χ3v) is 5.47. The summed E-state index contributed by atoms with van der Waals surface area (Å²) in [5, 5.41) is 8.08. The van der Waals surface area contributed by atoms with Crippen LogP contribution in [0.25, 0.3) is 22.6 Å². The van der Waals surface area contributed by atoms with Crippen LogP contribution in [0.3, 0.4) is 0 Å². The predicted octanol–water partition coefficient (Wildman–Crippen LogP) is 4.95. The molecule has 0 aliphatic carbocycles. The molecule has 0 fully saturated rings. The molecule has 0 atom stereocenters. The molecular formula is C20H12ClF2N3O3S. The number of hydrogen-bond donors (Lipinski definition) is 1. The second-order valence-electron chi connectivity index (χ2n) is 6.21. The molecule has 2 heterocycles. The quantitative estimate of drug-likeness (QED) is 0.480. The van der Waals surface area contributed by atoms with Gasteiger partial charge in [0.15, 0.2) is 5.82 Å². The Kier molecular flexibility index (Phi) is 5.23. The summed E-state index contributed by atoms with van der Waals surface area (Å²) >= 11 is 7.39. The fourth-order valence-electron chi connectivity index (χ4n) is 2.79. The molecule has 0 aliphatic heterocycles. The summed E-state index contributed by atoms with van der Waals surface area (Å²) in [6, 6.07) is 9.95. The minimum absolute atomic E-state index is 0.0224. The first-order chi connectivity index (χ1) is 14.3. The smallest absolute Gasteiger partial charge is 0.388 e. The Bertz CT molecular complexity index is 1320. The van der Waals surface area contributed by atoms with Crippen molar-refractivity contribution in [3.63, 3.8) is 0 Å². The van der Waals surface area contributed by atoms with E-state index in [9.17, 15) is 14.0 Å². The van der Waals surface area contributed by atoms with Gasteiger partial charge in [-0.25, -0.2) is 13.6 Å². The lowest BCUT2D eigenvalue weighted by atomic mass is 10.0. The number of aromatic nitrogens is 2. The topological polar surface area (TPSA) is 77.1 Å². The minimum Gasteiger partial charge on any atom is -0.388 e. The van der Waals surface area contributed by atoms with Crippen molar-refractivity contribution < 1.29 is 18.0 Å². The summed E-state index contributed by atoms with van der Waals surface area (Å²) in [4.78, 5) is 24.1. The van der Waals surface area contributed by atoms with Crippen LogP contribution in [-0.2, 0) is 7.05 Å². The lowest BCUT2D eigenvalue weighted by Gasteiger charge is -2.12. The van der Waals surface area contributed by atoms with Crippen molar-refractivity contribution in [3.8, 4) is 22.6 Å². The summed E-state index contributed by atoms with van der Waals surface area (Å²) in [7, 11) is 1.42. The standard InChI is InChI=1S/C20H12ClF2N3O3S/c1-26-20(28)29-19(25-26)10-4-6-13(21)12(9-10)11-5-7-14(22)17(16(11)23)24-18(27)15-3-2-8-30-15/h2-9H,1H3,(H,24,27). The van der Waals surface area contributed by atoms with E-state index in [1.165, 1.54) is 25.2 Å². The van der Waals surface area contributed by atoms with Crippen LogP contribution in [0.5, 0.6) is 0 Å². The van der Waals surface area contributed by atoms with Crippen LogP contribution in [0.15, 0.2) is 57.1 Å². The van der Waals surface area contributed by atoms with E-state index in [2.05, 4.69) is 10.4 Å². The number of hydrogen-bond acceptors (Lipinski definition) is 5. The number of nitrogens with zero attached hydrogens (tertiary/aromatic N) is 2. The van der Waals surface area contributed by atoms with Crippen molar-refractivity contribution in [2.75, 3.05) is 5.32 Å². The van der Waals surface area contributed by atoms with Gasteiger partial charge >= 0.3 is 5.76 Å². The Morgan fingerprint density at radius 3 is 2.67 bits per heavy atom. The highest BCUT2D eigenvalue weighted by Gasteiger charge is 2.20. The number of carbonyl (C=O) groups is 1. The van der Waals surface area contributed by atoms with Crippen LogP contribution in [0.4, 0.5) is 14.5 Å². The summed E-state index contributed by atoms with van der Waals surface area (Å²) in [5.74, 6) is -3.18. The third kappa shape index (κ3) is 3.64. The van der Waals surface area contributed by atoms with Gasteiger partial charge in [0.05, 0.1) is 4.88 Å². The van der Waals surface area contributed by atoms with Crippen molar-refractivity contribution in [1.29, 1.82) is 0 Å². The first-order valence-electron chi connectivity index (χ1n) is 8.52. The predicted molar refractivity (Wildman–Crippen MR) is 110 cm³/mol. The Morgan fingerprint density at radius 1 is 1.20 bits per heavy atom. The Hall–Kier alpha value is -3.30. The molecule has 2 aromatic carbocycles. The largest absolute Gasteiger partial charge is 0.437 e. The normalized spacial score (nSPS) is 10.9. The molecule has 4 aromatic rings. The first-order valence-corrected chi connectivity index (χ1v) is 9.78. The average Bonchev–Trinajstić information content (AvgIpc) is 3.36. The van der Waals surface area contributed by atoms with Crippen LogP contribution >= 0.6 is 22.9 Å². The number of benzene rings is 2. The van der Waals surface area contributed by atoms with Crippen LogP contribution in [0.2, 0.25) is 5.02 Å². The van der Waals surface area contributed by atoms with Gasteiger partial charge in [-0.3, -0.25) is 4.79 Å². The van der Waals surface area contributed by atoms with Gasteiger partial charge in [-0.2, -0.15) is 4.68 Å². The Balaban J connectivity index is 1.78. The van der Waals surface area contributed by atoms with Gasteiger partial charge in [-0.05, 0) is 41.8 Å². The van der Waals surface area contributed by atoms with Crippen molar-refractivity contribution >= 4 is 34.5 Å². The van der Waals surface area contributed by atoms with Crippen LogP contribution in [-0.4, -0.2) is 15.7 Å². The van der Waals surface area contributed by atoms with Gasteiger partial charge in [0.1, 0.15) is 11.5 Å². The molecule has 1 N–H and O–H groups in total. The first kappa shape index (κ1) is 20.0. The summed E-state index contributed by atoms with van der Waals surface area (Å²) < 4.78 is 35.5. The highest BCUT2D eigenvalue weighted by atomic mass is 35.5. The van der Waals surface area contributed by atoms with E-state index in [4.69, 9.17) is 16.0 Å². The van der Waals surface area contributed by atoms with Crippen LogP contribution in [0.1, 0.15) is 9.67 Å². The number of rotatable bonds is 4. The molecule has 0 saturated heterocycles. The summed E-state index contributed by atoms with van der Waals surface area (Å²) in [6.07, 6.45) is 0. The van der Waals surface area contributed by atoms with Gasteiger partial charge < -0.3 is 9.73 Å². The van der Waals surface area contributed by atoms with Gasteiger partial charge in [0, 0.05) is 28.8 Å². The van der Waals surface area contributed by atoms with E-state index in [-0.39, 0.29) is 22.0 Å². The lowest BCUT2D eigenvalue weighted by Crippen LogP contribution is -2.13. The zero-order chi connectivity index (χ0) is 21.4. The number of halogens is 3. The maximum atomic E-state index is 15.2. The maximum absolute atomic E-state index is 15.2. The molecule has 0 radical (unpaired) electrons. The Morgan fingerprint density at radius 2 is 2.00 bits per heavy atom. The molecule has 4 rings (SSSR count). The number of thiophene rings is 1.